The number of carbonyl (C=O) groups excluding carboxylic acids is 1. The highest BCUT2D eigenvalue weighted by Gasteiger charge is 2.30. The normalized spacial score (nSPS) is 22.5. The smallest absolute Gasteiger partial charge is 0.407 e. The van der Waals surface area contributed by atoms with Crippen LogP contribution in [0.5, 0.6) is 5.75 Å². The minimum absolute atomic E-state index is 0.0189. The predicted octanol–water partition coefficient (Wildman–Crippen LogP) is 5.67. The maximum Gasteiger partial charge on any atom is 0.407 e. The Bertz CT molecular complexity index is 1100. The van der Waals surface area contributed by atoms with Gasteiger partial charge in [0, 0.05) is 56.2 Å². The molecule has 1 N–H and O–H groups in total. The van der Waals surface area contributed by atoms with Crippen LogP contribution in [0.3, 0.4) is 0 Å². The number of anilines is 1. The average Bonchev–Trinajstić information content (AvgIpc) is 2.89. The third-order valence-corrected chi connectivity index (χ3v) is 8.42. The first-order valence-electron chi connectivity index (χ1n) is 13.2. The second-order valence-corrected chi connectivity index (χ2v) is 11.0. The van der Waals surface area contributed by atoms with Gasteiger partial charge in [0.25, 0.3) is 0 Å². The molecule has 0 bridgehead atoms. The second kappa shape index (κ2) is 12.3. The molecule has 0 spiro atoms. The van der Waals surface area contributed by atoms with Gasteiger partial charge < -0.3 is 19.6 Å². The van der Waals surface area contributed by atoms with E-state index in [0.717, 1.165) is 67.6 Å². The van der Waals surface area contributed by atoms with E-state index in [0.29, 0.717) is 6.54 Å². The second-order valence-electron chi connectivity index (χ2n) is 10.4. The van der Waals surface area contributed by atoms with Crippen LogP contribution in [-0.2, 0) is 16.7 Å². The highest BCUT2D eigenvalue weighted by Crippen LogP contribution is 2.31. The van der Waals surface area contributed by atoms with Crippen molar-refractivity contribution in [1.29, 1.82) is 0 Å². The van der Waals surface area contributed by atoms with Gasteiger partial charge in [-0.1, -0.05) is 34.1 Å². The number of hydrogen-bond acceptors (Lipinski definition) is 4. The Morgan fingerprint density at radius 3 is 2.51 bits per heavy atom. The van der Waals surface area contributed by atoms with E-state index in [-0.39, 0.29) is 24.0 Å². The summed E-state index contributed by atoms with van der Waals surface area (Å²) in [6.45, 7) is 6.80. The molecule has 8 heteroatoms. The van der Waals surface area contributed by atoms with Gasteiger partial charge in [0.15, 0.2) is 0 Å². The fourth-order valence-corrected chi connectivity index (χ4v) is 5.84. The average molecular weight is 573 g/mol. The molecule has 2 fully saturated rings. The molecule has 0 aromatic heterocycles. The molecule has 1 heterocycles. The number of ether oxygens (including phenoxy) is 1. The summed E-state index contributed by atoms with van der Waals surface area (Å²) in [6, 6.07) is 14.4. The predicted molar refractivity (Wildman–Crippen MR) is 150 cm³/mol. The van der Waals surface area contributed by atoms with Crippen molar-refractivity contribution in [3.05, 3.63) is 59.2 Å². The van der Waals surface area contributed by atoms with Gasteiger partial charge in [0.2, 0.25) is 5.91 Å². The number of piperazine rings is 1. The summed E-state index contributed by atoms with van der Waals surface area (Å²) < 4.78 is 6.20. The van der Waals surface area contributed by atoms with Crippen LogP contribution in [0.4, 0.5) is 10.5 Å². The summed E-state index contributed by atoms with van der Waals surface area (Å²) in [5.74, 6) is 1.09. The van der Waals surface area contributed by atoms with Gasteiger partial charge in [0.1, 0.15) is 5.75 Å². The Balaban J connectivity index is 1.29. The summed E-state index contributed by atoms with van der Waals surface area (Å²) in [5, 5.41) is 10.1. The van der Waals surface area contributed by atoms with Crippen molar-refractivity contribution in [2.24, 2.45) is 5.92 Å². The Labute approximate surface area is 228 Å². The van der Waals surface area contributed by atoms with Crippen molar-refractivity contribution < 1.29 is 19.4 Å². The topological polar surface area (TPSA) is 73.3 Å². The number of aryl methyl sites for hydroxylation is 1. The van der Waals surface area contributed by atoms with Crippen molar-refractivity contribution in [1.82, 2.24) is 9.80 Å². The maximum atomic E-state index is 13.3. The van der Waals surface area contributed by atoms with Crippen LogP contribution < -0.4 is 9.64 Å². The van der Waals surface area contributed by atoms with E-state index in [4.69, 9.17) is 4.74 Å². The first kappa shape index (κ1) is 27.5. The molecule has 2 aliphatic rings. The molecule has 2 aromatic rings. The molecular formula is C29H38BrN3O4. The molecule has 4 rings (SSSR count). The first-order valence-corrected chi connectivity index (χ1v) is 14.3. The third kappa shape index (κ3) is 6.85. The molecule has 200 valence electrons. The zero-order valence-electron chi connectivity index (χ0n) is 22.0. The Morgan fingerprint density at radius 1 is 1.11 bits per heavy atom. The van der Waals surface area contributed by atoms with Gasteiger partial charge >= 0.3 is 6.09 Å². The van der Waals surface area contributed by atoms with E-state index in [1.165, 1.54) is 16.0 Å². The zero-order valence-corrected chi connectivity index (χ0v) is 23.6. The molecule has 0 radical (unpaired) electrons. The van der Waals surface area contributed by atoms with E-state index >= 15 is 0 Å². The van der Waals surface area contributed by atoms with Crippen molar-refractivity contribution in [3.8, 4) is 5.75 Å². The van der Waals surface area contributed by atoms with Crippen LogP contribution in [0, 0.1) is 12.8 Å². The molecule has 2 aromatic carbocycles. The third-order valence-electron chi connectivity index (χ3n) is 7.77. The molecule has 1 saturated carbocycles. The molecule has 1 aliphatic carbocycles. The summed E-state index contributed by atoms with van der Waals surface area (Å²) >= 11 is 3.49. The van der Waals surface area contributed by atoms with Crippen LogP contribution in [0.2, 0.25) is 0 Å². The summed E-state index contributed by atoms with van der Waals surface area (Å²) in [6.07, 6.45) is 2.75. The number of hydrogen-bond donors (Lipinski definition) is 1. The lowest BCUT2D eigenvalue weighted by molar-refractivity contribution is -0.123. The van der Waals surface area contributed by atoms with Crippen molar-refractivity contribution in [2.45, 2.75) is 63.6 Å². The van der Waals surface area contributed by atoms with E-state index < -0.39 is 6.09 Å². The van der Waals surface area contributed by atoms with Crippen LogP contribution in [-0.4, -0.2) is 65.7 Å². The molecule has 2 amide bonds. The van der Waals surface area contributed by atoms with Crippen LogP contribution >= 0.6 is 15.9 Å². The largest absolute Gasteiger partial charge is 0.490 e. The van der Waals surface area contributed by atoms with E-state index in [1.807, 2.05) is 32.2 Å². The van der Waals surface area contributed by atoms with Gasteiger partial charge in [-0.05, 0) is 80.5 Å². The first-order chi connectivity index (χ1) is 17.7. The van der Waals surface area contributed by atoms with Gasteiger partial charge in [-0.25, -0.2) is 4.79 Å². The summed E-state index contributed by atoms with van der Waals surface area (Å²) in [7, 11) is 1.87. The highest BCUT2D eigenvalue weighted by molar-refractivity contribution is 9.08. The van der Waals surface area contributed by atoms with Gasteiger partial charge in [-0.2, -0.15) is 0 Å². The lowest BCUT2D eigenvalue weighted by atomic mass is 9.86. The number of amides is 2. The molecule has 0 unspecified atom stereocenters. The lowest BCUT2D eigenvalue weighted by Gasteiger charge is -2.38. The number of nitrogens with zero attached hydrogens (tertiary/aromatic N) is 3. The van der Waals surface area contributed by atoms with Crippen LogP contribution in [0.15, 0.2) is 42.5 Å². The minimum Gasteiger partial charge on any atom is -0.490 e. The Morgan fingerprint density at radius 2 is 1.86 bits per heavy atom. The summed E-state index contributed by atoms with van der Waals surface area (Å²) in [5.41, 5.74) is 4.47. The highest BCUT2D eigenvalue weighted by atomic mass is 79.9. The number of benzene rings is 2. The van der Waals surface area contributed by atoms with Crippen LogP contribution in [0.25, 0.3) is 0 Å². The van der Waals surface area contributed by atoms with E-state index in [2.05, 4.69) is 52.0 Å². The van der Waals surface area contributed by atoms with Crippen LogP contribution in [0.1, 0.15) is 49.3 Å². The van der Waals surface area contributed by atoms with Crippen molar-refractivity contribution in [3.63, 3.8) is 0 Å². The van der Waals surface area contributed by atoms with Gasteiger partial charge in [-0.15, -0.1) is 0 Å². The Hall–Kier alpha value is -2.58. The minimum atomic E-state index is -0.846. The molecular weight excluding hydrogens is 534 g/mol. The van der Waals surface area contributed by atoms with E-state index in [1.54, 1.807) is 4.90 Å². The van der Waals surface area contributed by atoms with Crippen molar-refractivity contribution >= 4 is 33.6 Å². The maximum absolute atomic E-state index is 13.3. The molecule has 1 aliphatic heterocycles. The monoisotopic (exact) mass is 571 g/mol. The Kier molecular flexibility index (Phi) is 9.13. The number of carbonyl (C=O) groups is 2. The molecule has 1 atom stereocenters. The quantitative estimate of drug-likeness (QED) is 0.433. The lowest BCUT2D eigenvalue weighted by Crippen LogP contribution is -2.53. The molecule has 1 saturated heterocycles. The molecule has 37 heavy (non-hydrogen) atoms. The number of carboxylic acid groups (broad SMARTS) is 1. The summed E-state index contributed by atoms with van der Waals surface area (Å²) in [4.78, 5) is 30.2. The SMILES string of the molecule is Cc1cc(N(C)C(=O)C2CCC(Oc3cccc(CBr)c3)CC2)ccc1CN1CCN(C(=O)O)[C@@H](C)C1. The van der Waals surface area contributed by atoms with Gasteiger partial charge in [-0.3, -0.25) is 9.69 Å². The number of halogens is 1. The zero-order chi connectivity index (χ0) is 26.5. The fraction of sp³-hybridized carbons (Fsp3) is 0.517. The fourth-order valence-electron chi connectivity index (χ4n) is 5.49. The molecule has 7 nitrogen and oxygen atoms in total. The van der Waals surface area contributed by atoms with E-state index in [9.17, 15) is 14.7 Å². The standard InChI is InChI=1S/C29H38BrN3O4/c1-20-15-25(10-7-24(20)19-32-13-14-33(29(35)36)21(2)18-32)31(3)28(34)23-8-11-26(12-9-23)37-27-6-4-5-22(16-27)17-30/h4-7,10,15-16,21,23,26H,8-9,11-14,17-19H2,1-3H3,(H,35,36)/t21-,23?,26?/m0/s1. The number of rotatable bonds is 7. The van der Waals surface area contributed by atoms with Gasteiger partial charge in [0.05, 0.1) is 6.10 Å². The van der Waals surface area contributed by atoms with Crippen molar-refractivity contribution in [2.75, 3.05) is 31.6 Å². The number of alkyl halides is 1.